The molecule has 0 spiro atoms. The lowest BCUT2D eigenvalue weighted by atomic mass is 9.99. The minimum Gasteiger partial charge on any atom is -0.334 e. The van der Waals surface area contributed by atoms with Gasteiger partial charge in [0.2, 0.25) is 0 Å². The van der Waals surface area contributed by atoms with Crippen LogP contribution in [0.3, 0.4) is 0 Å². The van der Waals surface area contributed by atoms with Gasteiger partial charge < -0.3 is 4.90 Å². The van der Waals surface area contributed by atoms with Gasteiger partial charge in [0.1, 0.15) is 0 Å². The molecule has 1 N–H and O–H groups in total. The van der Waals surface area contributed by atoms with Gasteiger partial charge in [0.15, 0.2) is 0 Å². The highest BCUT2D eigenvalue weighted by Crippen LogP contribution is 2.15. The predicted molar refractivity (Wildman–Crippen MR) is 77.2 cm³/mol. The Morgan fingerprint density at radius 1 is 1.25 bits per heavy atom. The van der Waals surface area contributed by atoms with E-state index in [0.29, 0.717) is 19.0 Å². The summed E-state index contributed by atoms with van der Waals surface area (Å²) >= 11 is 0. The summed E-state index contributed by atoms with van der Waals surface area (Å²) in [5.41, 5.74) is 3.15. The first-order valence-corrected chi connectivity index (χ1v) is 6.84. The number of likely N-dealkylation sites (tertiary alicyclic amines) is 1. The van der Waals surface area contributed by atoms with Crippen molar-refractivity contribution in [3.63, 3.8) is 0 Å². The topological polar surface area (TPSA) is 61.8 Å². The molecule has 1 fully saturated rings. The molecule has 2 rings (SSSR count). The van der Waals surface area contributed by atoms with Crippen molar-refractivity contribution in [1.82, 2.24) is 10.3 Å². The maximum absolute atomic E-state index is 11.9. The number of rotatable bonds is 2. The molecule has 0 saturated carbocycles. The third-order valence-corrected chi connectivity index (χ3v) is 3.44. The van der Waals surface area contributed by atoms with E-state index in [1.54, 1.807) is 4.90 Å². The van der Waals surface area contributed by atoms with E-state index in [1.807, 2.05) is 30.3 Å². The minimum atomic E-state index is -0.674. The Hall–Kier alpha value is -2.17. The van der Waals surface area contributed by atoms with E-state index in [-0.39, 0.29) is 0 Å². The molecule has 1 heterocycles. The second-order valence-electron chi connectivity index (χ2n) is 5.08. The van der Waals surface area contributed by atoms with Gasteiger partial charge in [-0.05, 0) is 24.3 Å². The lowest BCUT2D eigenvalue weighted by molar-refractivity contribution is -0.146. The van der Waals surface area contributed by atoms with Crippen molar-refractivity contribution in [3.05, 3.63) is 35.9 Å². The van der Waals surface area contributed by atoms with Crippen LogP contribution in [0.5, 0.6) is 0 Å². The van der Waals surface area contributed by atoms with Gasteiger partial charge in [-0.15, -0.1) is 0 Å². The Morgan fingerprint density at radius 3 is 2.55 bits per heavy atom. The van der Waals surface area contributed by atoms with Crippen molar-refractivity contribution in [3.8, 4) is 0 Å². The number of nitrogens with zero attached hydrogens (tertiary/aromatic N) is 2. The molecule has 20 heavy (non-hydrogen) atoms. The molecule has 0 aromatic heterocycles. The summed E-state index contributed by atoms with van der Waals surface area (Å²) in [7, 11) is 0. The smallest absolute Gasteiger partial charge is 0.329 e. The molecule has 1 aromatic rings. The van der Waals surface area contributed by atoms with Crippen molar-refractivity contribution in [2.24, 2.45) is 11.0 Å². The minimum absolute atomic E-state index is 0.498. The molecule has 5 nitrogen and oxygen atoms in total. The number of hydrogen-bond acceptors (Lipinski definition) is 3. The van der Waals surface area contributed by atoms with E-state index >= 15 is 0 Å². The zero-order chi connectivity index (χ0) is 14.4. The fraction of sp³-hybridized carbons (Fsp3) is 0.400. The third-order valence-electron chi connectivity index (χ3n) is 3.44. The molecule has 106 valence electrons. The van der Waals surface area contributed by atoms with Gasteiger partial charge in [0.25, 0.3) is 0 Å². The lowest BCUT2D eigenvalue weighted by Crippen LogP contribution is -2.45. The van der Waals surface area contributed by atoms with E-state index in [9.17, 15) is 9.59 Å². The Morgan fingerprint density at radius 2 is 1.90 bits per heavy atom. The molecule has 2 amide bonds. The Labute approximate surface area is 118 Å². The van der Waals surface area contributed by atoms with Crippen LogP contribution in [0.4, 0.5) is 0 Å². The second-order valence-corrected chi connectivity index (χ2v) is 5.08. The normalized spacial score (nSPS) is 16.4. The molecule has 0 atom stereocenters. The van der Waals surface area contributed by atoms with E-state index in [1.165, 1.54) is 6.21 Å². The predicted octanol–water partition coefficient (Wildman–Crippen LogP) is 1.40. The standard InChI is InChI=1S/C15H19N3O2/c1-12-7-9-18(10-8-12)15(20)14(19)17-16-11-13-5-3-2-4-6-13/h2-6,11-12H,7-10H2,1H3,(H,17,19)/b16-11-. The van der Waals surface area contributed by atoms with Crippen molar-refractivity contribution in [1.29, 1.82) is 0 Å². The van der Waals surface area contributed by atoms with Crippen molar-refractivity contribution in [2.45, 2.75) is 19.8 Å². The van der Waals surface area contributed by atoms with E-state index in [2.05, 4.69) is 17.5 Å². The summed E-state index contributed by atoms with van der Waals surface area (Å²) in [6.07, 6.45) is 3.42. The number of piperidine rings is 1. The first-order chi connectivity index (χ1) is 9.66. The fourth-order valence-electron chi connectivity index (χ4n) is 2.11. The monoisotopic (exact) mass is 273 g/mol. The van der Waals surface area contributed by atoms with Crippen LogP contribution < -0.4 is 5.43 Å². The fourth-order valence-corrected chi connectivity index (χ4v) is 2.11. The number of nitrogens with one attached hydrogen (secondary N) is 1. The van der Waals surface area contributed by atoms with Crippen LogP contribution >= 0.6 is 0 Å². The Kier molecular flexibility index (Phi) is 4.87. The highest BCUT2D eigenvalue weighted by molar-refractivity contribution is 6.35. The Bertz CT molecular complexity index is 491. The lowest BCUT2D eigenvalue weighted by Gasteiger charge is -2.29. The number of carbonyl (C=O) groups is 2. The molecule has 1 aromatic carbocycles. The van der Waals surface area contributed by atoms with Crippen molar-refractivity contribution < 1.29 is 9.59 Å². The van der Waals surface area contributed by atoms with Crippen LogP contribution in [0.15, 0.2) is 35.4 Å². The molecule has 0 aliphatic carbocycles. The average Bonchev–Trinajstić information content (AvgIpc) is 2.48. The Balaban J connectivity index is 1.82. The molecule has 0 bridgehead atoms. The van der Waals surface area contributed by atoms with Crippen LogP contribution in [-0.2, 0) is 9.59 Å². The summed E-state index contributed by atoms with van der Waals surface area (Å²) < 4.78 is 0. The first kappa shape index (κ1) is 14.2. The number of amides is 2. The first-order valence-electron chi connectivity index (χ1n) is 6.84. The zero-order valence-corrected chi connectivity index (χ0v) is 11.6. The number of carbonyl (C=O) groups excluding carboxylic acids is 2. The summed E-state index contributed by atoms with van der Waals surface area (Å²) in [5, 5.41) is 3.80. The van der Waals surface area contributed by atoms with Gasteiger partial charge in [-0.2, -0.15) is 5.10 Å². The summed E-state index contributed by atoms with van der Waals surface area (Å²) in [4.78, 5) is 25.2. The van der Waals surface area contributed by atoms with Gasteiger partial charge in [0.05, 0.1) is 6.21 Å². The molecule has 0 unspecified atom stereocenters. The van der Waals surface area contributed by atoms with E-state index in [4.69, 9.17) is 0 Å². The average molecular weight is 273 g/mol. The maximum Gasteiger partial charge on any atom is 0.329 e. The van der Waals surface area contributed by atoms with Gasteiger partial charge in [0, 0.05) is 13.1 Å². The molecular weight excluding hydrogens is 254 g/mol. The molecular formula is C15H19N3O2. The largest absolute Gasteiger partial charge is 0.334 e. The van der Waals surface area contributed by atoms with Crippen molar-refractivity contribution in [2.75, 3.05) is 13.1 Å². The van der Waals surface area contributed by atoms with Gasteiger partial charge in [-0.25, -0.2) is 5.43 Å². The number of hydrazone groups is 1. The summed E-state index contributed by atoms with van der Waals surface area (Å²) in [6.45, 7) is 3.46. The van der Waals surface area contributed by atoms with Crippen LogP contribution in [0, 0.1) is 5.92 Å². The third kappa shape index (κ3) is 3.91. The molecule has 0 radical (unpaired) electrons. The number of benzene rings is 1. The van der Waals surface area contributed by atoms with Gasteiger partial charge in [-0.3, -0.25) is 9.59 Å². The van der Waals surface area contributed by atoms with E-state index in [0.717, 1.165) is 18.4 Å². The highest BCUT2D eigenvalue weighted by atomic mass is 16.2. The SMILES string of the molecule is CC1CCN(C(=O)C(=O)N/N=C\c2ccccc2)CC1. The molecule has 5 heteroatoms. The van der Waals surface area contributed by atoms with Gasteiger partial charge >= 0.3 is 11.8 Å². The van der Waals surface area contributed by atoms with Crippen molar-refractivity contribution >= 4 is 18.0 Å². The molecule has 1 saturated heterocycles. The van der Waals surface area contributed by atoms with Crippen LogP contribution in [-0.4, -0.2) is 36.0 Å². The maximum atomic E-state index is 11.9. The van der Waals surface area contributed by atoms with Crippen LogP contribution in [0.1, 0.15) is 25.3 Å². The van der Waals surface area contributed by atoms with E-state index < -0.39 is 11.8 Å². The molecule has 1 aliphatic heterocycles. The number of hydrogen-bond donors (Lipinski definition) is 1. The quantitative estimate of drug-likeness (QED) is 0.503. The van der Waals surface area contributed by atoms with Crippen LogP contribution in [0.2, 0.25) is 0 Å². The van der Waals surface area contributed by atoms with Gasteiger partial charge in [-0.1, -0.05) is 37.3 Å². The summed E-state index contributed by atoms with van der Waals surface area (Å²) in [5.74, 6) is -0.549. The van der Waals surface area contributed by atoms with Crippen LogP contribution in [0.25, 0.3) is 0 Å². The second kappa shape index (κ2) is 6.84. The zero-order valence-electron chi connectivity index (χ0n) is 11.6. The molecule has 1 aliphatic rings. The highest BCUT2D eigenvalue weighted by Gasteiger charge is 2.25. The summed E-state index contributed by atoms with van der Waals surface area (Å²) in [6, 6.07) is 9.39.